The molecule has 0 amide bonds. The van der Waals surface area contributed by atoms with Crippen LogP contribution in [0.5, 0.6) is 0 Å². The fourth-order valence-electron chi connectivity index (χ4n) is 2.51. The summed E-state index contributed by atoms with van der Waals surface area (Å²) < 4.78 is 0. The van der Waals surface area contributed by atoms with E-state index in [0.717, 1.165) is 24.7 Å². The van der Waals surface area contributed by atoms with Crippen molar-refractivity contribution in [1.82, 2.24) is 9.88 Å². The molecule has 0 aliphatic carbocycles. The second-order valence-electron chi connectivity index (χ2n) is 5.02. The number of rotatable bonds is 5. The van der Waals surface area contributed by atoms with Gasteiger partial charge in [-0.3, -0.25) is 4.98 Å². The molecule has 1 aromatic rings. The van der Waals surface area contributed by atoms with Crippen molar-refractivity contribution in [2.45, 2.75) is 19.8 Å². The Bertz CT molecular complexity index is 427. The van der Waals surface area contributed by atoms with Gasteiger partial charge in [0.05, 0.1) is 5.69 Å². The predicted octanol–water partition coefficient (Wildman–Crippen LogP) is 1.86. The summed E-state index contributed by atoms with van der Waals surface area (Å²) in [5, 5.41) is 3.45. The van der Waals surface area contributed by atoms with Crippen molar-refractivity contribution in [2.75, 3.05) is 31.5 Å². The van der Waals surface area contributed by atoms with E-state index in [0.29, 0.717) is 10.7 Å². The molecule has 0 bridgehead atoms. The maximum absolute atomic E-state index is 5.68. The van der Waals surface area contributed by atoms with Crippen LogP contribution in [0.3, 0.4) is 0 Å². The summed E-state index contributed by atoms with van der Waals surface area (Å²) in [5.74, 6) is 0.724. The van der Waals surface area contributed by atoms with Gasteiger partial charge < -0.3 is 16.0 Å². The van der Waals surface area contributed by atoms with Crippen molar-refractivity contribution in [3.05, 3.63) is 24.0 Å². The fourth-order valence-corrected chi connectivity index (χ4v) is 2.67. The lowest BCUT2D eigenvalue weighted by atomic mass is 9.97. The molecular formula is C14H22N4S. The van der Waals surface area contributed by atoms with Crippen molar-refractivity contribution in [2.24, 2.45) is 11.7 Å². The first-order valence-corrected chi connectivity index (χ1v) is 7.32. The van der Waals surface area contributed by atoms with Crippen molar-refractivity contribution >= 4 is 22.9 Å². The van der Waals surface area contributed by atoms with Crippen LogP contribution in [-0.2, 0) is 0 Å². The van der Waals surface area contributed by atoms with Gasteiger partial charge in [-0.15, -0.1) is 0 Å². The van der Waals surface area contributed by atoms with E-state index in [-0.39, 0.29) is 0 Å². The Labute approximate surface area is 120 Å². The minimum atomic E-state index is 0.351. The molecule has 3 N–H and O–H groups in total. The third-order valence-electron chi connectivity index (χ3n) is 3.78. The van der Waals surface area contributed by atoms with Crippen molar-refractivity contribution in [3.8, 4) is 0 Å². The van der Waals surface area contributed by atoms with Gasteiger partial charge in [-0.2, -0.15) is 0 Å². The normalized spacial score (nSPS) is 17.3. The van der Waals surface area contributed by atoms with Gasteiger partial charge in [-0.05, 0) is 50.5 Å². The van der Waals surface area contributed by atoms with Crippen LogP contribution in [0.1, 0.15) is 25.5 Å². The van der Waals surface area contributed by atoms with Gasteiger partial charge in [0.1, 0.15) is 10.7 Å². The highest BCUT2D eigenvalue weighted by molar-refractivity contribution is 7.80. The quantitative estimate of drug-likeness (QED) is 0.805. The summed E-state index contributed by atoms with van der Waals surface area (Å²) in [6.45, 7) is 6.77. The summed E-state index contributed by atoms with van der Waals surface area (Å²) in [4.78, 5) is 7.08. The summed E-state index contributed by atoms with van der Waals surface area (Å²) in [6, 6.07) is 3.90. The van der Waals surface area contributed by atoms with Gasteiger partial charge in [0.2, 0.25) is 0 Å². The fraction of sp³-hybridized carbons (Fsp3) is 0.571. The Hall–Kier alpha value is -1.20. The summed E-state index contributed by atoms with van der Waals surface area (Å²) in [6.07, 6.45) is 4.23. The highest BCUT2D eigenvalue weighted by Crippen LogP contribution is 2.19. The summed E-state index contributed by atoms with van der Waals surface area (Å²) >= 11 is 5.02. The van der Waals surface area contributed by atoms with Gasteiger partial charge in [0, 0.05) is 12.7 Å². The number of nitrogens with one attached hydrogen (secondary N) is 1. The molecule has 2 rings (SSSR count). The minimum absolute atomic E-state index is 0.351. The standard InChI is InChI=1S/C14H22N4S/c1-2-18-8-5-11(6-9-18)10-17-12-4-3-7-16-13(12)14(15)19/h3-4,7,11,17H,2,5-6,8-10H2,1H3,(H2,15,19). The molecule has 104 valence electrons. The number of nitrogens with zero attached hydrogens (tertiary/aromatic N) is 2. The van der Waals surface area contributed by atoms with E-state index in [9.17, 15) is 0 Å². The van der Waals surface area contributed by atoms with Crippen molar-refractivity contribution in [3.63, 3.8) is 0 Å². The summed E-state index contributed by atoms with van der Waals surface area (Å²) in [7, 11) is 0. The monoisotopic (exact) mass is 278 g/mol. The average molecular weight is 278 g/mol. The highest BCUT2D eigenvalue weighted by Gasteiger charge is 2.18. The Kier molecular flexibility index (Phi) is 5.10. The number of hydrogen-bond acceptors (Lipinski definition) is 4. The number of hydrogen-bond donors (Lipinski definition) is 2. The van der Waals surface area contributed by atoms with E-state index in [1.54, 1.807) is 6.20 Å². The van der Waals surface area contributed by atoms with E-state index in [1.807, 2.05) is 12.1 Å². The van der Waals surface area contributed by atoms with E-state index in [4.69, 9.17) is 18.0 Å². The van der Waals surface area contributed by atoms with Crippen molar-refractivity contribution < 1.29 is 0 Å². The van der Waals surface area contributed by atoms with Crippen LogP contribution in [0, 0.1) is 5.92 Å². The van der Waals surface area contributed by atoms with Crippen LogP contribution in [0.25, 0.3) is 0 Å². The van der Waals surface area contributed by atoms with Gasteiger partial charge in [0.25, 0.3) is 0 Å². The molecule has 0 saturated carbocycles. The third kappa shape index (κ3) is 3.88. The smallest absolute Gasteiger partial charge is 0.124 e. The van der Waals surface area contributed by atoms with Crippen LogP contribution in [0.4, 0.5) is 5.69 Å². The topological polar surface area (TPSA) is 54.2 Å². The Morgan fingerprint density at radius 1 is 1.53 bits per heavy atom. The van der Waals surface area contributed by atoms with Gasteiger partial charge in [-0.1, -0.05) is 19.1 Å². The number of pyridine rings is 1. The lowest BCUT2D eigenvalue weighted by molar-refractivity contribution is 0.198. The Morgan fingerprint density at radius 2 is 2.26 bits per heavy atom. The molecule has 2 heterocycles. The molecule has 1 aliphatic rings. The van der Waals surface area contributed by atoms with E-state index >= 15 is 0 Å². The van der Waals surface area contributed by atoms with Crippen molar-refractivity contribution in [1.29, 1.82) is 0 Å². The van der Waals surface area contributed by atoms with E-state index in [1.165, 1.54) is 25.9 Å². The molecule has 5 heteroatoms. The van der Waals surface area contributed by atoms with Crippen LogP contribution >= 0.6 is 12.2 Å². The van der Waals surface area contributed by atoms with Crippen LogP contribution in [0.2, 0.25) is 0 Å². The number of piperidine rings is 1. The molecule has 0 unspecified atom stereocenters. The Balaban J connectivity index is 1.88. The average Bonchev–Trinajstić information content (AvgIpc) is 2.46. The molecule has 1 saturated heterocycles. The second-order valence-corrected chi connectivity index (χ2v) is 5.46. The predicted molar refractivity (Wildman–Crippen MR) is 83.5 cm³/mol. The number of aromatic nitrogens is 1. The second kappa shape index (κ2) is 6.82. The van der Waals surface area contributed by atoms with Crippen LogP contribution in [-0.4, -0.2) is 41.1 Å². The number of thiocarbonyl (C=S) groups is 1. The lowest BCUT2D eigenvalue weighted by Crippen LogP contribution is -2.35. The molecule has 0 radical (unpaired) electrons. The maximum atomic E-state index is 5.68. The lowest BCUT2D eigenvalue weighted by Gasteiger charge is -2.31. The molecule has 4 nitrogen and oxygen atoms in total. The molecule has 19 heavy (non-hydrogen) atoms. The molecule has 1 aliphatic heterocycles. The van der Waals surface area contributed by atoms with E-state index < -0.39 is 0 Å². The first-order valence-electron chi connectivity index (χ1n) is 6.91. The zero-order valence-corrected chi connectivity index (χ0v) is 12.2. The molecule has 0 atom stereocenters. The number of likely N-dealkylation sites (tertiary alicyclic amines) is 1. The highest BCUT2D eigenvalue weighted by atomic mass is 32.1. The van der Waals surface area contributed by atoms with E-state index in [2.05, 4.69) is 22.1 Å². The zero-order chi connectivity index (χ0) is 13.7. The SMILES string of the molecule is CCN1CCC(CNc2cccnc2C(N)=S)CC1. The minimum Gasteiger partial charge on any atom is -0.388 e. The molecule has 1 fully saturated rings. The first kappa shape index (κ1) is 14.2. The number of nitrogens with two attached hydrogens (primary N) is 1. The summed E-state index contributed by atoms with van der Waals surface area (Å²) in [5.41, 5.74) is 7.33. The van der Waals surface area contributed by atoms with Gasteiger partial charge in [0.15, 0.2) is 0 Å². The zero-order valence-electron chi connectivity index (χ0n) is 11.4. The van der Waals surface area contributed by atoms with Gasteiger partial charge in [-0.25, -0.2) is 0 Å². The molecule has 0 aromatic carbocycles. The Morgan fingerprint density at radius 3 is 2.89 bits per heavy atom. The third-order valence-corrected chi connectivity index (χ3v) is 3.97. The molecule has 0 spiro atoms. The number of anilines is 1. The molecule has 1 aromatic heterocycles. The molecular weight excluding hydrogens is 256 g/mol. The largest absolute Gasteiger partial charge is 0.388 e. The maximum Gasteiger partial charge on any atom is 0.124 e. The first-order chi connectivity index (χ1) is 9.20. The van der Waals surface area contributed by atoms with Crippen LogP contribution in [0.15, 0.2) is 18.3 Å². The van der Waals surface area contributed by atoms with Gasteiger partial charge >= 0.3 is 0 Å². The van der Waals surface area contributed by atoms with Crippen LogP contribution < -0.4 is 11.1 Å².